The van der Waals surface area contributed by atoms with Crippen LogP contribution in [-0.2, 0) is 22.6 Å². The zero-order valence-corrected chi connectivity index (χ0v) is 22.4. The van der Waals surface area contributed by atoms with Crippen LogP contribution in [0.4, 0.5) is 0 Å². The zero-order valence-electron chi connectivity index (χ0n) is 21.7. The molecule has 0 aromatic heterocycles. The first-order valence-electron chi connectivity index (χ1n) is 12.1. The van der Waals surface area contributed by atoms with Crippen molar-refractivity contribution in [3.63, 3.8) is 0 Å². The average molecular weight is 507 g/mol. The summed E-state index contributed by atoms with van der Waals surface area (Å²) in [5.74, 6) is 0.143. The van der Waals surface area contributed by atoms with E-state index in [9.17, 15) is 9.59 Å². The van der Waals surface area contributed by atoms with E-state index in [0.29, 0.717) is 17.2 Å². The number of aryl methyl sites for hydroxylation is 2. The number of carbonyl (C=O) groups is 2. The van der Waals surface area contributed by atoms with Gasteiger partial charge in [0.05, 0.1) is 0 Å². The summed E-state index contributed by atoms with van der Waals surface area (Å²) in [6.07, 6.45) is 0.381. The van der Waals surface area contributed by atoms with Crippen molar-refractivity contribution < 1.29 is 14.3 Å². The monoisotopic (exact) mass is 506 g/mol. The first-order valence-corrected chi connectivity index (χ1v) is 12.5. The standard InChI is InChI=1S/C30H35ClN2O3/c1-21-11-16-26(17-22(21)2)36-20-28(34)33(19-24-12-14-25(31)15-13-24)27(29(35)32-30(3,4)5)18-23-9-7-6-8-10-23/h6-17,27H,18-20H2,1-5H3,(H,32,35). The predicted octanol–water partition coefficient (Wildman–Crippen LogP) is 5.89. The summed E-state index contributed by atoms with van der Waals surface area (Å²) < 4.78 is 5.88. The minimum absolute atomic E-state index is 0.176. The van der Waals surface area contributed by atoms with E-state index in [2.05, 4.69) is 5.32 Å². The van der Waals surface area contributed by atoms with Crippen LogP contribution in [0.3, 0.4) is 0 Å². The van der Waals surface area contributed by atoms with E-state index in [-0.39, 0.29) is 25.0 Å². The summed E-state index contributed by atoms with van der Waals surface area (Å²) in [6.45, 7) is 9.89. The Kier molecular flexibility index (Phi) is 9.16. The summed E-state index contributed by atoms with van der Waals surface area (Å²) >= 11 is 6.08. The Hall–Kier alpha value is -3.31. The van der Waals surface area contributed by atoms with E-state index in [1.165, 1.54) is 0 Å². The Morgan fingerprint density at radius 1 is 0.917 bits per heavy atom. The third-order valence-corrected chi connectivity index (χ3v) is 6.13. The highest BCUT2D eigenvalue weighted by molar-refractivity contribution is 6.30. The van der Waals surface area contributed by atoms with Gasteiger partial charge in [0.15, 0.2) is 6.61 Å². The molecule has 0 fully saturated rings. The molecule has 0 spiro atoms. The van der Waals surface area contributed by atoms with Gasteiger partial charge in [-0.25, -0.2) is 0 Å². The van der Waals surface area contributed by atoms with Crippen LogP contribution in [0.25, 0.3) is 0 Å². The number of hydrogen-bond acceptors (Lipinski definition) is 3. The highest BCUT2D eigenvalue weighted by atomic mass is 35.5. The van der Waals surface area contributed by atoms with E-state index in [1.54, 1.807) is 17.0 Å². The van der Waals surface area contributed by atoms with Gasteiger partial charge in [-0.05, 0) is 81.1 Å². The fourth-order valence-electron chi connectivity index (χ4n) is 3.83. The molecule has 0 bridgehead atoms. The number of nitrogens with zero attached hydrogens (tertiary/aromatic N) is 1. The number of hydrogen-bond donors (Lipinski definition) is 1. The second kappa shape index (κ2) is 12.1. The molecule has 0 heterocycles. The Labute approximate surface area is 219 Å². The molecule has 3 rings (SSSR count). The second-order valence-corrected chi connectivity index (χ2v) is 10.6. The highest BCUT2D eigenvalue weighted by Crippen LogP contribution is 2.20. The minimum atomic E-state index is -0.724. The number of rotatable bonds is 9. The van der Waals surface area contributed by atoms with Crippen molar-refractivity contribution in [2.24, 2.45) is 0 Å². The SMILES string of the molecule is Cc1ccc(OCC(=O)N(Cc2ccc(Cl)cc2)C(Cc2ccccc2)C(=O)NC(C)(C)C)cc1C. The highest BCUT2D eigenvalue weighted by Gasteiger charge is 2.32. The lowest BCUT2D eigenvalue weighted by Crippen LogP contribution is -2.55. The second-order valence-electron chi connectivity index (χ2n) is 10.1. The van der Waals surface area contributed by atoms with Crippen molar-refractivity contribution in [2.45, 2.75) is 59.2 Å². The van der Waals surface area contributed by atoms with E-state index in [0.717, 1.165) is 22.3 Å². The van der Waals surface area contributed by atoms with Crippen molar-refractivity contribution in [3.05, 3.63) is 100 Å². The molecular formula is C30H35ClN2O3. The molecule has 190 valence electrons. The summed E-state index contributed by atoms with van der Waals surface area (Å²) in [4.78, 5) is 28.8. The van der Waals surface area contributed by atoms with E-state index in [1.807, 2.05) is 95.3 Å². The predicted molar refractivity (Wildman–Crippen MR) is 145 cm³/mol. The van der Waals surface area contributed by atoms with Gasteiger partial charge >= 0.3 is 0 Å². The fourth-order valence-corrected chi connectivity index (χ4v) is 3.95. The molecule has 2 amide bonds. The molecule has 1 unspecified atom stereocenters. The molecule has 1 N–H and O–H groups in total. The average Bonchev–Trinajstić information content (AvgIpc) is 2.82. The number of halogens is 1. The van der Waals surface area contributed by atoms with Gasteiger partial charge in [-0.1, -0.05) is 60.1 Å². The summed E-state index contributed by atoms with van der Waals surface area (Å²) in [5, 5.41) is 3.67. The molecule has 0 aliphatic carbocycles. The molecule has 5 nitrogen and oxygen atoms in total. The largest absolute Gasteiger partial charge is 0.484 e. The molecule has 0 saturated carbocycles. The van der Waals surface area contributed by atoms with Crippen molar-refractivity contribution >= 4 is 23.4 Å². The number of benzene rings is 3. The molecule has 3 aromatic carbocycles. The summed E-state index contributed by atoms with van der Waals surface area (Å²) in [6, 6.07) is 22.1. The van der Waals surface area contributed by atoms with Crippen LogP contribution in [0.5, 0.6) is 5.75 Å². The third-order valence-electron chi connectivity index (χ3n) is 5.88. The van der Waals surface area contributed by atoms with Crippen molar-refractivity contribution in [1.29, 1.82) is 0 Å². The van der Waals surface area contributed by atoms with Crippen LogP contribution in [0, 0.1) is 13.8 Å². The molecule has 3 aromatic rings. The van der Waals surface area contributed by atoms with Gasteiger partial charge in [0.25, 0.3) is 5.91 Å². The van der Waals surface area contributed by atoms with Crippen molar-refractivity contribution in [3.8, 4) is 5.75 Å². The van der Waals surface area contributed by atoms with E-state index < -0.39 is 11.6 Å². The topological polar surface area (TPSA) is 58.6 Å². The van der Waals surface area contributed by atoms with Crippen LogP contribution >= 0.6 is 11.6 Å². The zero-order chi connectivity index (χ0) is 26.3. The number of nitrogens with one attached hydrogen (secondary N) is 1. The Bertz CT molecular complexity index is 1170. The van der Waals surface area contributed by atoms with E-state index >= 15 is 0 Å². The lowest BCUT2D eigenvalue weighted by atomic mass is 10.0. The van der Waals surface area contributed by atoms with Crippen molar-refractivity contribution in [1.82, 2.24) is 10.2 Å². The van der Waals surface area contributed by atoms with Gasteiger partial charge in [0.1, 0.15) is 11.8 Å². The fraction of sp³-hybridized carbons (Fsp3) is 0.333. The maximum atomic E-state index is 13.6. The summed E-state index contributed by atoms with van der Waals surface area (Å²) in [5.41, 5.74) is 3.64. The molecule has 6 heteroatoms. The summed E-state index contributed by atoms with van der Waals surface area (Å²) in [7, 11) is 0. The van der Waals surface area contributed by atoms with Gasteiger partial charge in [0.2, 0.25) is 5.91 Å². The Morgan fingerprint density at radius 3 is 2.19 bits per heavy atom. The van der Waals surface area contributed by atoms with Gasteiger partial charge in [0, 0.05) is 23.5 Å². The molecule has 36 heavy (non-hydrogen) atoms. The van der Waals surface area contributed by atoms with Crippen LogP contribution in [-0.4, -0.2) is 34.9 Å². The van der Waals surface area contributed by atoms with Gasteiger partial charge in [-0.3, -0.25) is 9.59 Å². The maximum absolute atomic E-state index is 13.6. The number of carbonyl (C=O) groups excluding carboxylic acids is 2. The lowest BCUT2D eigenvalue weighted by Gasteiger charge is -2.33. The van der Waals surface area contributed by atoms with Crippen LogP contribution in [0.1, 0.15) is 43.0 Å². The molecule has 0 saturated heterocycles. The molecule has 0 aliphatic heterocycles. The van der Waals surface area contributed by atoms with Crippen LogP contribution < -0.4 is 10.1 Å². The van der Waals surface area contributed by atoms with Gasteiger partial charge in [-0.15, -0.1) is 0 Å². The molecule has 0 radical (unpaired) electrons. The third kappa shape index (κ3) is 8.13. The van der Waals surface area contributed by atoms with Crippen LogP contribution in [0.15, 0.2) is 72.8 Å². The number of amides is 2. The number of ether oxygens (including phenoxy) is 1. The molecule has 0 aliphatic rings. The minimum Gasteiger partial charge on any atom is -0.484 e. The maximum Gasteiger partial charge on any atom is 0.261 e. The van der Waals surface area contributed by atoms with E-state index in [4.69, 9.17) is 16.3 Å². The Morgan fingerprint density at radius 2 is 1.58 bits per heavy atom. The first kappa shape index (κ1) is 27.3. The van der Waals surface area contributed by atoms with Crippen molar-refractivity contribution in [2.75, 3.05) is 6.61 Å². The molecule has 1 atom stereocenters. The Balaban J connectivity index is 1.92. The normalized spacial score (nSPS) is 12.1. The smallest absolute Gasteiger partial charge is 0.261 e. The molecular weight excluding hydrogens is 472 g/mol. The quantitative estimate of drug-likeness (QED) is 0.393. The first-order chi connectivity index (χ1) is 17.0. The van der Waals surface area contributed by atoms with Gasteiger partial charge in [-0.2, -0.15) is 0 Å². The van der Waals surface area contributed by atoms with Crippen LogP contribution in [0.2, 0.25) is 5.02 Å². The lowest BCUT2D eigenvalue weighted by molar-refractivity contribution is -0.143. The van der Waals surface area contributed by atoms with Gasteiger partial charge < -0.3 is 15.0 Å².